The number of rotatable bonds is 7. The van der Waals surface area contributed by atoms with Crippen LogP contribution in [0.2, 0.25) is 19.6 Å². The number of phenols is 1. The summed E-state index contributed by atoms with van der Waals surface area (Å²) in [6.07, 6.45) is 3.03. The molecule has 0 aliphatic carbocycles. The van der Waals surface area contributed by atoms with Crippen molar-refractivity contribution in [2.45, 2.75) is 92.3 Å². The Hall–Kier alpha value is -4.48. The van der Waals surface area contributed by atoms with Gasteiger partial charge in [0.1, 0.15) is 11.6 Å². The molecule has 0 atom stereocenters. The molecule has 6 rings (SSSR count). The number of hydrogen-bond donors (Lipinski definition) is 1. The van der Waals surface area contributed by atoms with Gasteiger partial charge < -0.3 is 9.67 Å². The van der Waals surface area contributed by atoms with Gasteiger partial charge in [0.15, 0.2) is 0 Å². The summed E-state index contributed by atoms with van der Waals surface area (Å²) in [5.74, 6) is 1.56. The van der Waals surface area contributed by atoms with Gasteiger partial charge in [-0.2, -0.15) is 0 Å². The second-order valence-corrected chi connectivity index (χ2v) is 22.9. The topological polar surface area (TPSA) is 50.9 Å². The summed E-state index contributed by atoms with van der Waals surface area (Å²) in [5.41, 5.74) is 12.3. The van der Waals surface area contributed by atoms with Crippen LogP contribution in [0.3, 0.4) is 0 Å². The van der Waals surface area contributed by atoms with Crippen molar-refractivity contribution in [3.05, 3.63) is 108 Å². The zero-order valence-electron chi connectivity index (χ0n) is 32.7. The Kier molecular flexibility index (Phi) is 9.43. The van der Waals surface area contributed by atoms with Crippen molar-refractivity contribution in [2.24, 2.45) is 13.0 Å². The number of benzene rings is 4. The lowest BCUT2D eigenvalue weighted by atomic mass is 9.79. The molecule has 1 N–H and O–H groups in total. The average molecular weight is 694 g/mol. The monoisotopic (exact) mass is 693 g/mol. The van der Waals surface area contributed by atoms with Gasteiger partial charge in [0.25, 0.3) is 0 Å². The van der Waals surface area contributed by atoms with Crippen molar-refractivity contribution in [2.75, 3.05) is 0 Å². The first kappa shape index (κ1) is 36.3. The Morgan fingerprint density at radius 2 is 1.39 bits per heavy atom. The van der Waals surface area contributed by atoms with Gasteiger partial charge in [-0.3, -0.25) is 4.98 Å². The van der Waals surface area contributed by atoms with E-state index >= 15 is 0 Å². The van der Waals surface area contributed by atoms with Gasteiger partial charge in [-0.25, -0.2) is 4.98 Å². The maximum Gasteiger partial charge on any atom is 0.144 e. The van der Waals surface area contributed by atoms with Crippen molar-refractivity contribution >= 4 is 24.3 Å². The molecule has 0 spiro atoms. The zero-order chi connectivity index (χ0) is 37.0. The Labute approximate surface area is 306 Å². The molecule has 0 fully saturated rings. The van der Waals surface area contributed by atoms with Gasteiger partial charge in [0, 0.05) is 29.9 Å². The third-order valence-corrected chi connectivity index (χ3v) is 12.0. The van der Waals surface area contributed by atoms with Crippen LogP contribution >= 0.6 is 0 Å². The van der Waals surface area contributed by atoms with Crippen LogP contribution < -0.4 is 5.19 Å². The number of fused-ring (bicyclic) bond motifs is 1. The minimum absolute atomic E-state index is 0.0990. The first-order chi connectivity index (χ1) is 23.8. The Morgan fingerprint density at radius 3 is 1.98 bits per heavy atom. The third kappa shape index (κ3) is 7.46. The molecule has 0 saturated carbocycles. The maximum absolute atomic E-state index is 11.9. The molecule has 0 bridgehead atoms. The van der Waals surface area contributed by atoms with E-state index in [9.17, 15) is 5.11 Å². The number of aromatic hydroxyl groups is 1. The molecule has 5 heteroatoms. The molecule has 0 saturated heterocycles. The highest BCUT2D eigenvalue weighted by molar-refractivity contribution is 6.88. The highest BCUT2D eigenvalue weighted by Gasteiger charge is 2.28. The van der Waals surface area contributed by atoms with Crippen LogP contribution in [0.1, 0.15) is 72.1 Å². The molecule has 0 radical (unpaired) electrons. The van der Waals surface area contributed by atoms with E-state index in [4.69, 9.17) is 9.97 Å². The van der Waals surface area contributed by atoms with Crippen LogP contribution in [0, 0.1) is 5.92 Å². The number of pyridine rings is 1. The van der Waals surface area contributed by atoms with Crippen LogP contribution in [-0.4, -0.2) is 27.7 Å². The van der Waals surface area contributed by atoms with Crippen LogP contribution in [0.25, 0.3) is 55.9 Å². The number of aryl methyl sites for hydroxylation is 1. The number of aromatic nitrogens is 3. The summed E-state index contributed by atoms with van der Waals surface area (Å²) in [7, 11) is 0.597. The van der Waals surface area contributed by atoms with Crippen molar-refractivity contribution in [3.8, 4) is 50.6 Å². The summed E-state index contributed by atoms with van der Waals surface area (Å²) in [4.78, 5) is 10.4. The molecular formula is C46H55N3OSi. The zero-order valence-corrected chi connectivity index (χ0v) is 33.7. The average Bonchev–Trinajstić information content (AvgIpc) is 3.38. The summed E-state index contributed by atoms with van der Waals surface area (Å²) < 4.78 is 2.18. The fourth-order valence-electron chi connectivity index (χ4n) is 6.94. The molecule has 0 aliphatic rings. The summed E-state index contributed by atoms with van der Waals surface area (Å²) >= 11 is 0. The van der Waals surface area contributed by atoms with E-state index < -0.39 is 8.07 Å². The highest BCUT2D eigenvalue weighted by atomic mass is 28.3. The lowest BCUT2D eigenvalue weighted by Gasteiger charge is -2.27. The van der Waals surface area contributed by atoms with E-state index in [2.05, 4.69) is 178 Å². The lowest BCUT2D eigenvalue weighted by Crippen LogP contribution is -2.37. The summed E-state index contributed by atoms with van der Waals surface area (Å²) in [5, 5.41) is 13.3. The summed E-state index contributed by atoms with van der Waals surface area (Å²) in [6, 6.07) is 30.8. The second kappa shape index (κ2) is 13.2. The number of hydrogen-bond acceptors (Lipinski definition) is 3. The highest BCUT2D eigenvalue weighted by Crippen LogP contribution is 2.44. The molecule has 264 valence electrons. The normalized spacial score (nSPS) is 12.6. The maximum atomic E-state index is 11.9. The number of phenolic OH excluding ortho intramolecular Hbond substituents is 1. The standard InChI is InChI=1S/C46H55N3OSi/c1-29(2)20-30-21-37(33-23-32(31-16-14-13-15-17-31)24-34(25-33)40-19-18-36(28-47-40)51(10,11)12)42-41(22-30)49(9)44(48-42)38-26-35(45(3,4)5)27-39(43(38)50)46(6,7)8/h13-19,21-29,50H,20H2,1-12H3. The molecule has 4 nitrogen and oxygen atoms in total. The van der Waals surface area contributed by atoms with Gasteiger partial charge in [0.2, 0.25) is 0 Å². The molecular weight excluding hydrogens is 639 g/mol. The van der Waals surface area contributed by atoms with E-state index in [0.717, 1.165) is 67.9 Å². The van der Waals surface area contributed by atoms with Crippen LogP contribution in [0.5, 0.6) is 5.75 Å². The van der Waals surface area contributed by atoms with Gasteiger partial charge >= 0.3 is 0 Å². The SMILES string of the molecule is CC(C)Cc1cc(-c2cc(-c3ccccc3)cc(-c3ccc([Si](C)(C)C)cn3)c2)c2nc(-c3cc(C(C)(C)C)cc(C(C)(C)C)c3O)n(C)c2c1. The quantitative estimate of drug-likeness (QED) is 0.169. The molecule has 0 amide bonds. The second-order valence-electron chi connectivity index (χ2n) is 17.9. The number of nitrogens with zero attached hydrogens (tertiary/aromatic N) is 3. The minimum Gasteiger partial charge on any atom is -0.507 e. The van der Waals surface area contributed by atoms with Gasteiger partial charge in [-0.1, -0.05) is 117 Å². The fourth-order valence-corrected chi connectivity index (χ4v) is 7.98. The van der Waals surface area contributed by atoms with Crippen LogP contribution in [0.15, 0.2) is 91.1 Å². The van der Waals surface area contributed by atoms with Gasteiger partial charge in [-0.05, 0) is 98.6 Å². The van der Waals surface area contributed by atoms with Crippen molar-refractivity contribution in [1.29, 1.82) is 0 Å². The van der Waals surface area contributed by atoms with E-state index in [1.54, 1.807) is 0 Å². The van der Waals surface area contributed by atoms with Crippen LogP contribution in [-0.2, 0) is 24.3 Å². The molecule has 51 heavy (non-hydrogen) atoms. The first-order valence-corrected chi connectivity index (χ1v) is 21.9. The van der Waals surface area contributed by atoms with E-state index in [1.807, 2.05) is 0 Å². The third-order valence-electron chi connectivity index (χ3n) is 9.99. The van der Waals surface area contributed by atoms with Crippen molar-refractivity contribution in [1.82, 2.24) is 14.5 Å². The smallest absolute Gasteiger partial charge is 0.144 e. The van der Waals surface area contributed by atoms with Crippen molar-refractivity contribution < 1.29 is 5.11 Å². The predicted octanol–water partition coefficient (Wildman–Crippen LogP) is 11.7. The molecule has 2 aromatic heterocycles. The van der Waals surface area contributed by atoms with Crippen molar-refractivity contribution in [3.63, 3.8) is 0 Å². The minimum atomic E-state index is -1.49. The number of imidazole rings is 1. The van der Waals surface area contributed by atoms with E-state index in [1.165, 1.54) is 16.3 Å². The molecule has 6 aromatic rings. The van der Waals surface area contributed by atoms with E-state index in [-0.39, 0.29) is 10.8 Å². The molecule has 0 unspecified atom stereocenters. The fraction of sp³-hybridized carbons (Fsp3) is 0.348. The molecule has 4 aromatic carbocycles. The largest absolute Gasteiger partial charge is 0.507 e. The van der Waals surface area contributed by atoms with Gasteiger partial charge in [-0.15, -0.1) is 0 Å². The summed E-state index contributed by atoms with van der Waals surface area (Å²) in [6.45, 7) is 24.8. The molecule has 2 heterocycles. The lowest BCUT2D eigenvalue weighted by molar-refractivity contribution is 0.446. The van der Waals surface area contributed by atoms with Crippen LogP contribution in [0.4, 0.5) is 0 Å². The van der Waals surface area contributed by atoms with Gasteiger partial charge in [0.05, 0.1) is 30.4 Å². The van der Waals surface area contributed by atoms with E-state index in [0.29, 0.717) is 11.7 Å². The Bertz CT molecular complexity index is 2210. The Balaban J connectivity index is 1.64. The predicted molar refractivity (Wildman–Crippen MR) is 221 cm³/mol. The Morgan fingerprint density at radius 1 is 0.725 bits per heavy atom. The first-order valence-electron chi connectivity index (χ1n) is 18.4. The molecule has 0 aliphatic heterocycles.